The topological polar surface area (TPSA) is 49.3 Å². The van der Waals surface area contributed by atoms with E-state index in [4.69, 9.17) is 0 Å². The SMILES string of the molecule is Cc1ncc(CN2CCC3(CCCN(Cc4ccc(C(C)C)cc4)C3=O)C2)cn1. The number of hydrogen-bond donors (Lipinski definition) is 0. The van der Waals surface area contributed by atoms with Crippen LogP contribution in [0, 0.1) is 12.3 Å². The second-order valence-electron chi connectivity index (χ2n) is 9.11. The van der Waals surface area contributed by atoms with Crippen molar-refractivity contribution in [2.75, 3.05) is 19.6 Å². The first kappa shape index (κ1) is 20.0. The molecule has 5 nitrogen and oxygen atoms in total. The van der Waals surface area contributed by atoms with Crippen LogP contribution in [0.1, 0.15) is 61.5 Å². The molecule has 1 unspecified atom stereocenters. The molecule has 154 valence electrons. The van der Waals surface area contributed by atoms with Gasteiger partial charge in [0.2, 0.25) is 5.91 Å². The van der Waals surface area contributed by atoms with Crippen LogP contribution in [0.3, 0.4) is 0 Å². The third-order valence-electron chi connectivity index (χ3n) is 6.52. The van der Waals surface area contributed by atoms with E-state index in [1.165, 1.54) is 11.1 Å². The number of carbonyl (C=O) groups is 1. The first-order chi connectivity index (χ1) is 13.9. The summed E-state index contributed by atoms with van der Waals surface area (Å²) in [5, 5.41) is 0. The van der Waals surface area contributed by atoms with Crippen molar-refractivity contribution < 1.29 is 4.79 Å². The maximum Gasteiger partial charge on any atom is 0.230 e. The Hall–Kier alpha value is -2.27. The van der Waals surface area contributed by atoms with Gasteiger partial charge in [0.15, 0.2) is 0 Å². The van der Waals surface area contributed by atoms with Gasteiger partial charge in [0.25, 0.3) is 0 Å². The summed E-state index contributed by atoms with van der Waals surface area (Å²) in [5.74, 6) is 1.68. The number of nitrogens with zero attached hydrogens (tertiary/aromatic N) is 4. The molecule has 1 aromatic heterocycles. The Morgan fingerprint density at radius 3 is 2.41 bits per heavy atom. The largest absolute Gasteiger partial charge is 0.338 e. The van der Waals surface area contributed by atoms with E-state index in [0.29, 0.717) is 11.8 Å². The molecule has 5 heteroatoms. The van der Waals surface area contributed by atoms with Crippen LogP contribution >= 0.6 is 0 Å². The van der Waals surface area contributed by atoms with Gasteiger partial charge in [-0.2, -0.15) is 0 Å². The molecule has 0 saturated carbocycles. The van der Waals surface area contributed by atoms with Crippen molar-refractivity contribution in [1.29, 1.82) is 0 Å². The van der Waals surface area contributed by atoms with Crippen LogP contribution < -0.4 is 0 Å². The summed E-state index contributed by atoms with van der Waals surface area (Å²) in [5.41, 5.74) is 3.49. The average molecular weight is 393 g/mol. The lowest BCUT2D eigenvalue weighted by Crippen LogP contribution is -2.49. The molecule has 0 radical (unpaired) electrons. The maximum atomic E-state index is 13.4. The summed E-state index contributed by atoms with van der Waals surface area (Å²) in [6.45, 7) is 10.6. The number of hydrogen-bond acceptors (Lipinski definition) is 4. The molecule has 2 fully saturated rings. The Labute approximate surface area is 174 Å². The lowest BCUT2D eigenvalue weighted by Gasteiger charge is -2.39. The summed E-state index contributed by atoms with van der Waals surface area (Å²) in [4.78, 5) is 26.5. The minimum atomic E-state index is -0.207. The molecule has 4 rings (SSSR count). The fourth-order valence-electron chi connectivity index (χ4n) is 4.76. The van der Waals surface area contributed by atoms with Crippen molar-refractivity contribution in [2.45, 2.75) is 59.0 Å². The molecule has 0 aliphatic carbocycles. The normalized spacial score (nSPS) is 22.8. The number of aromatic nitrogens is 2. The predicted molar refractivity (Wildman–Crippen MR) is 114 cm³/mol. The first-order valence-corrected chi connectivity index (χ1v) is 10.8. The molecule has 1 spiro atoms. The second kappa shape index (κ2) is 8.23. The summed E-state index contributed by atoms with van der Waals surface area (Å²) < 4.78 is 0. The highest BCUT2D eigenvalue weighted by molar-refractivity contribution is 5.84. The Balaban J connectivity index is 1.41. The highest BCUT2D eigenvalue weighted by atomic mass is 16.2. The molecular formula is C24H32N4O. The van der Waals surface area contributed by atoms with Gasteiger partial charge in [0.1, 0.15) is 5.82 Å². The summed E-state index contributed by atoms with van der Waals surface area (Å²) >= 11 is 0. The van der Waals surface area contributed by atoms with Crippen LogP contribution in [0.2, 0.25) is 0 Å². The van der Waals surface area contributed by atoms with Crippen LogP contribution in [0.25, 0.3) is 0 Å². The van der Waals surface area contributed by atoms with Crippen molar-refractivity contribution in [3.05, 3.63) is 59.2 Å². The molecule has 3 heterocycles. The Bertz CT molecular complexity index is 846. The molecular weight excluding hydrogens is 360 g/mol. The van der Waals surface area contributed by atoms with Gasteiger partial charge < -0.3 is 4.90 Å². The summed E-state index contributed by atoms with van der Waals surface area (Å²) in [6.07, 6.45) is 6.88. The monoisotopic (exact) mass is 392 g/mol. The van der Waals surface area contributed by atoms with Crippen molar-refractivity contribution in [3.8, 4) is 0 Å². The third-order valence-corrected chi connectivity index (χ3v) is 6.52. The van der Waals surface area contributed by atoms with Gasteiger partial charge in [-0.1, -0.05) is 38.1 Å². The van der Waals surface area contributed by atoms with Gasteiger partial charge in [-0.3, -0.25) is 9.69 Å². The van der Waals surface area contributed by atoms with Crippen molar-refractivity contribution in [3.63, 3.8) is 0 Å². The number of piperidine rings is 1. The van der Waals surface area contributed by atoms with Crippen molar-refractivity contribution in [2.24, 2.45) is 5.41 Å². The molecule has 0 bridgehead atoms. The number of likely N-dealkylation sites (tertiary alicyclic amines) is 2. The van der Waals surface area contributed by atoms with E-state index in [1.54, 1.807) is 0 Å². The van der Waals surface area contributed by atoms with E-state index in [1.807, 2.05) is 19.3 Å². The van der Waals surface area contributed by atoms with E-state index in [0.717, 1.165) is 63.4 Å². The first-order valence-electron chi connectivity index (χ1n) is 10.8. The minimum absolute atomic E-state index is 0.207. The standard InChI is InChI=1S/C24H32N4O/c1-18(2)22-7-5-20(6-8-22)16-28-11-4-9-24(23(28)29)10-12-27(17-24)15-21-13-25-19(3)26-14-21/h5-8,13-14,18H,4,9-12,15-17H2,1-3H3. The van der Waals surface area contributed by atoms with Crippen LogP contribution in [0.15, 0.2) is 36.7 Å². The zero-order valence-electron chi connectivity index (χ0n) is 17.9. The average Bonchev–Trinajstić information content (AvgIpc) is 3.11. The van der Waals surface area contributed by atoms with E-state index >= 15 is 0 Å². The molecule has 2 aromatic rings. The Morgan fingerprint density at radius 2 is 1.72 bits per heavy atom. The van der Waals surface area contributed by atoms with E-state index in [2.05, 4.69) is 57.9 Å². The molecule has 1 atom stereocenters. The third kappa shape index (κ3) is 4.35. The molecule has 1 aromatic carbocycles. The molecule has 29 heavy (non-hydrogen) atoms. The van der Waals surface area contributed by atoms with Gasteiger partial charge >= 0.3 is 0 Å². The van der Waals surface area contributed by atoms with Crippen molar-refractivity contribution in [1.82, 2.24) is 19.8 Å². The van der Waals surface area contributed by atoms with E-state index < -0.39 is 0 Å². The van der Waals surface area contributed by atoms with Gasteiger partial charge in [0.05, 0.1) is 5.41 Å². The minimum Gasteiger partial charge on any atom is -0.338 e. The number of rotatable bonds is 5. The number of benzene rings is 1. The quantitative estimate of drug-likeness (QED) is 0.774. The molecule has 1 amide bonds. The van der Waals surface area contributed by atoms with E-state index in [-0.39, 0.29) is 5.41 Å². The van der Waals surface area contributed by atoms with Crippen LogP contribution in [-0.2, 0) is 17.9 Å². The number of amides is 1. The van der Waals surface area contributed by atoms with Crippen LogP contribution in [-0.4, -0.2) is 45.3 Å². The fraction of sp³-hybridized carbons (Fsp3) is 0.542. The van der Waals surface area contributed by atoms with Gasteiger partial charge in [-0.05, 0) is 49.8 Å². The molecule has 2 aliphatic heterocycles. The van der Waals surface area contributed by atoms with E-state index in [9.17, 15) is 4.79 Å². The van der Waals surface area contributed by atoms with Crippen molar-refractivity contribution >= 4 is 5.91 Å². The number of carbonyl (C=O) groups excluding carboxylic acids is 1. The highest BCUT2D eigenvalue weighted by Gasteiger charge is 2.48. The number of aryl methyl sites for hydroxylation is 1. The Morgan fingerprint density at radius 1 is 1.00 bits per heavy atom. The smallest absolute Gasteiger partial charge is 0.230 e. The van der Waals surface area contributed by atoms with Gasteiger partial charge in [-0.15, -0.1) is 0 Å². The van der Waals surface area contributed by atoms with Crippen LogP contribution in [0.5, 0.6) is 0 Å². The lowest BCUT2D eigenvalue weighted by atomic mass is 9.78. The molecule has 2 saturated heterocycles. The zero-order chi connectivity index (χ0) is 20.4. The summed E-state index contributed by atoms with van der Waals surface area (Å²) in [6, 6.07) is 8.76. The fourth-order valence-corrected chi connectivity index (χ4v) is 4.76. The second-order valence-corrected chi connectivity index (χ2v) is 9.11. The van der Waals surface area contributed by atoms with Gasteiger partial charge in [0, 0.05) is 44.1 Å². The Kier molecular flexibility index (Phi) is 5.68. The lowest BCUT2D eigenvalue weighted by molar-refractivity contribution is -0.146. The maximum absolute atomic E-state index is 13.4. The molecule has 0 N–H and O–H groups in total. The highest BCUT2D eigenvalue weighted by Crippen LogP contribution is 2.41. The zero-order valence-corrected chi connectivity index (χ0v) is 17.9. The molecule has 2 aliphatic rings. The predicted octanol–water partition coefficient (Wildman–Crippen LogP) is 3.92. The summed E-state index contributed by atoms with van der Waals surface area (Å²) in [7, 11) is 0. The van der Waals surface area contributed by atoms with Gasteiger partial charge in [-0.25, -0.2) is 9.97 Å². The van der Waals surface area contributed by atoms with Crippen LogP contribution in [0.4, 0.5) is 0 Å².